The molecule has 0 heterocycles. The summed E-state index contributed by atoms with van der Waals surface area (Å²) in [6.45, 7) is 0.423. The van der Waals surface area contributed by atoms with E-state index in [1.165, 1.54) is 6.92 Å². The molecule has 0 N–H and O–H groups in total. The van der Waals surface area contributed by atoms with E-state index in [9.17, 15) is 26.4 Å². The van der Waals surface area contributed by atoms with Crippen LogP contribution in [0.25, 0.3) is 0 Å². The molecule has 0 bridgehead atoms. The second-order valence-corrected chi connectivity index (χ2v) is 5.88. The van der Waals surface area contributed by atoms with Gasteiger partial charge in [0, 0.05) is 12.1 Å². The Morgan fingerprint density at radius 2 is 1.75 bits per heavy atom. The first-order chi connectivity index (χ1) is 9.22. The topological polar surface area (TPSA) is 63.7 Å². The zero-order chi connectivity index (χ0) is 15.5. The van der Waals surface area contributed by atoms with Gasteiger partial charge in [0.15, 0.2) is 17.5 Å². The Kier molecular flexibility index (Phi) is 4.98. The summed E-state index contributed by atoms with van der Waals surface area (Å²) in [4.78, 5) is 11.2. The summed E-state index contributed by atoms with van der Waals surface area (Å²) in [5, 5.41) is 0. The van der Waals surface area contributed by atoms with E-state index >= 15 is 0 Å². The molecule has 0 saturated carbocycles. The van der Waals surface area contributed by atoms with Crippen molar-refractivity contribution in [1.29, 1.82) is 0 Å². The third-order valence-corrected chi connectivity index (χ3v) is 4.19. The van der Waals surface area contributed by atoms with E-state index in [0.717, 1.165) is 7.11 Å². The van der Waals surface area contributed by atoms with Crippen LogP contribution in [0.2, 0.25) is 0 Å². The lowest BCUT2D eigenvalue weighted by Gasteiger charge is -2.23. The smallest absolute Gasteiger partial charge is 0.326 e. The van der Waals surface area contributed by atoms with Gasteiger partial charge >= 0.3 is 5.97 Å². The number of hydrogen-bond acceptors (Lipinski definition) is 4. The van der Waals surface area contributed by atoms with Crippen LogP contribution in [0, 0.1) is 17.5 Å². The summed E-state index contributed by atoms with van der Waals surface area (Å²) in [5.74, 6) is -5.61. The highest BCUT2D eigenvalue weighted by Crippen LogP contribution is 2.25. The largest absolute Gasteiger partial charge is 0.468 e. The number of halogens is 3. The van der Waals surface area contributed by atoms with Crippen molar-refractivity contribution in [3.63, 3.8) is 0 Å². The van der Waals surface area contributed by atoms with Gasteiger partial charge in [-0.1, -0.05) is 0 Å². The van der Waals surface area contributed by atoms with Gasteiger partial charge in [0.2, 0.25) is 10.0 Å². The maximum Gasteiger partial charge on any atom is 0.326 e. The van der Waals surface area contributed by atoms with Crippen LogP contribution >= 0.6 is 0 Å². The van der Waals surface area contributed by atoms with Crippen molar-refractivity contribution in [3.05, 3.63) is 29.6 Å². The molecule has 1 rings (SSSR count). The molecule has 0 aliphatic carbocycles. The number of hydrogen-bond donors (Lipinski definition) is 0. The lowest BCUT2D eigenvalue weighted by molar-refractivity contribution is -0.138. The second-order valence-electron chi connectivity index (χ2n) is 3.70. The van der Waals surface area contributed by atoms with Crippen molar-refractivity contribution in [1.82, 2.24) is 0 Å². The molecule has 0 spiro atoms. The van der Waals surface area contributed by atoms with Crippen LogP contribution in [0.1, 0.15) is 6.92 Å². The quantitative estimate of drug-likeness (QED) is 0.609. The molecular weight excluding hydrogens is 299 g/mol. The van der Waals surface area contributed by atoms with Gasteiger partial charge in [0.1, 0.15) is 6.54 Å². The molecule has 0 amide bonds. The predicted molar refractivity (Wildman–Crippen MR) is 65.1 cm³/mol. The maximum absolute atomic E-state index is 13.6. The molecule has 0 atom stereocenters. The number of sulfonamides is 1. The van der Waals surface area contributed by atoms with Crippen molar-refractivity contribution >= 4 is 21.7 Å². The zero-order valence-electron chi connectivity index (χ0n) is 10.7. The Morgan fingerprint density at radius 3 is 2.25 bits per heavy atom. The van der Waals surface area contributed by atoms with Crippen LogP contribution in [0.3, 0.4) is 0 Å². The fourth-order valence-electron chi connectivity index (χ4n) is 1.37. The highest BCUT2D eigenvalue weighted by Gasteiger charge is 2.27. The van der Waals surface area contributed by atoms with E-state index in [-0.39, 0.29) is 6.07 Å². The fourth-order valence-corrected chi connectivity index (χ4v) is 2.43. The van der Waals surface area contributed by atoms with Gasteiger partial charge in [-0.15, -0.1) is 0 Å². The molecule has 5 nitrogen and oxygen atoms in total. The molecule has 0 saturated heterocycles. The van der Waals surface area contributed by atoms with Gasteiger partial charge in [-0.25, -0.2) is 21.6 Å². The average Bonchev–Trinajstić information content (AvgIpc) is 2.40. The minimum Gasteiger partial charge on any atom is -0.468 e. The van der Waals surface area contributed by atoms with E-state index in [0.29, 0.717) is 10.4 Å². The van der Waals surface area contributed by atoms with Gasteiger partial charge < -0.3 is 4.74 Å². The number of benzene rings is 1. The number of rotatable bonds is 5. The summed E-state index contributed by atoms with van der Waals surface area (Å²) in [7, 11) is -3.05. The molecule has 20 heavy (non-hydrogen) atoms. The Morgan fingerprint density at radius 1 is 1.20 bits per heavy atom. The Hall–Kier alpha value is -1.77. The minimum absolute atomic E-state index is 0.208. The third-order valence-electron chi connectivity index (χ3n) is 2.46. The Bertz CT molecular complexity index is 618. The Balaban J connectivity index is 3.38. The van der Waals surface area contributed by atoms with Crippen molar-refractivity contribution in [2.24, 2.45) is 0 Å². The summed E-state index contributed by atoms with van der Waals surface area (Å²) < 4.78 is 68.0. The standard InChI is InChI=1S/C11H12F3NO4S/c1-3-20(17,18)15(6-11(16)19-2)10-5-8(13)7(12)4-9(10)14/h4-5H,3,6H2,1-2H3. The van der Waals surface area contributed by atoms with Crippen molar-refractivity contribution in [2.45, 2.75) is 6.92 Å². The van der Waals surface area contributed by atoms with Gasteiger partial charge in [-0.2, -0.15) is 0 Å². The van der Waals surface area contributed by atoms with Gasteiger partial charge in [0.25, 0.3) is 0 Å². The lowest BCUT2D eigenvalue weighted by Crippen LogP contribution is -2.38. The molecule has 0 aromatic heterocycles. The average molecular weight is 311 g/mol. The van der Waals surface area contributed by atoms with Crippen LogP contribution in [0.5, 0.6) is 0 Å². The van der Waals surface area contributed by atoms with Crippen molar-refractivity contribution in [2.75, 3.05) is 23.7 Å². The number of carbonyl (C=O) groups is 1. The molecule has 0 unspecified atom stereocenters. The highest BCUT2D eigenvalue weighted by molar-refractivity contribution is 7.92. The van der Waals surface area contributed by atoms with E-state index in [1.807, 2.05) is 0 Å². The van der Waals surface area contributed by atoms with Gasteiger partial charge in [-0.05, 0) is 6.92 Å². The highest BCUT2D eigenvalue weighted by atomic mass is 32.2. The maximum atomic E-state index is 13.6. The lowest BCUT2D eigenvalue weighted by atomic mass is 10.3. The van der Waals surface area contributed by atoms with Crippen molar-refractivity contribution < 1.29 is 31.1 Å². The van der Waals surface area contributed by atoms with Crippen molar-refractivity contribution in [3.8, 4) is 0 Å². The van der Waals surface area contributed by atoms with Crippen LogP contribution in [0.4, 0.5) is 18.9 Å². The summed E-state index contributed by atoms with van der Waals surface area (Å²) in [6, 6.07) is 0.584. The number of nitrogens with zero attached hydrogens (tertiary/aromatic N) is 1. The molecule has 0 radical (unpaired) electrons. The SMILES string of the molecule is CCS(=O)(=O)N(CC(=O)OC)c1cc(F)c(F)cc1F. The van der Waals surface area contributed by atoms with Gasteiger partial charge in [-0.3, -0.25) is 9.10 Å². The Labute approximate surface area is 114 Å². The number of anilines is 1. The van der Waals surface area contributed by atoms with Crippen LogP contribution < -0.4 is 4.31 Å². The first kappa shape index (κ1) is 16.3. The third kappa shape index (κ3) is 3.41. The van der Waals surface area contributed by atoms with Crippen LogP contribution in [-0.4, -0.2) is 33.8 Å². The fraction of sp³-hybridized carbons (Fsp3) is 0.364. The molecule has 0 aliphatic rings. The van der Waals surface area contributed by atoms with Gasteiger partial charge in [0.05, 0.1) is 18.6 Å². The molecule has 1 aromatic rings. The minimum atomic E-state index is -4.07. The first-order valence-electron chi connectivity index (χ1n) is 5.44. The number of carbonyl (C=O) groups excluding carboxylic acids is 1. The molecule has 0 fully saturated rings. The number of methoxy groups -OCH3 is 1. The summed E-state index contributed by atoms with van der Waals surface area (Å²) in [6.07, 6.45) is 0. The molecular formula is C11H12F3NO4S. The zero-order valence-corrected chi connectivity index (χ0v) is 11.5. The second kappa shape index (κ2) is 6.12. The molecule has 112 valence electrons. The molecule has 1 aromatic carbocycles. The predicted octanol–water partition coefficient (Wildman–Crippen LogP) is 1.43. The van der Waals surface area contributed by atoms with E-state index in [2.05, 4.69) is 4.74 Å². The first-order valence-corrected chi connectivity index (χ1v) is 7.05. The molecule has 0 aliphatic heterocycles. The summed E-state index contributed by atoms with van der Waals surface area (Å²) >= 11 is 0. The summed E-state index contributed by atoms with van der Waals surface area (Å²) in [5.41, 5.74) is -0.754. The number of ether oxygens (including phenoxy) is 1. The molecule has 9 heteroatoms. The normalized spacial score (nSPS) is 11.2. The van der Waals surface area contributed by atoms with E-state index in [4.69, 9.17) is 0 Å². The van der Waals surface area contributed by atoms with E-state index in [1.54, 1.807) is 0 Å². The van der Waals surface area contributed by atoms with E-state index < -0.39 is 51.4 Å². The number of esters is 1. The van der Waals surface area contributed by atoms with Crippen LogP contribution in [0.15, 0.2) is 12.1 Å². The monoisotopic (exact) mass is 311 g/mol. The van der Waals surface area contributed by atoms with Crippen LogP contribution in [-0.2, 0) is 19.6 Å².